The normalized spacial score (nSPS) is 17.3. The van der Waals surface area contributed by atoms with E-state index in [2.05, 4.69) is 27.7 Å². The molecule has 1 rings (SSSR count). The smallest absolute Gasteiger partial charge is 0.0992 e. The Morgan fingerprint density at radius 3 is 1.56 bits per heavy atom. The summed E-state index contributed by atoms with van der Waals surface area (Å²) in [6.07, 6.45) is 26.2. The standard InChI is InChI=1S/C26H54N/c1-5-9-11-12-13-14-15-19-25-27(23-7-3,24-8-4)26(20-10-6-2)21-17-16-18-22-26/h5-25H2,1-4H3/q+1. The third-order valence-corrected chi connectivity index (χ3v) is 7.53. The van der Waals surface area contributed by atoms with Crippen LogP contribution in [0.1, 0.15) is 143 Å². The molecular formula is C26H54N+. The first kappa shape index (κ1) is 25.0. The molecular weight excluding hydrogens is 326 g/mol. The molecule has 1 nitrogen and oxygen atoms in total. The number of unbranched alkanes of at least 4 members (excludes halogenated alkanes) is 8. The molecule has 1 aliphatic rings. The van der Waals surface area contributed by atoms with Crippen LogP contribution in [0.2, 0.25) is 0 Å². The summed E-state index contributed by atoms with van der Waals surface area (Å²) in [7, 11) is 0. The molecule has 1 fully saturated rings. The van der Waals surface area contributed by atoms with Crippen LogP contribution >= 0.6 is 0 Å². The van der Waals surface area contributed by atoms with E-state index in [9.17, 15) is 0 Å². The Hall–Kier alpha value is -0.0400. The molecule has 0 N–H and O–H groups in total. The van der Waals surface area contributed by atoms with Crippen LogP contribution in [-0.2, 0) is 0 Å². The minimum atomic E-state index is 0.626. The topological polar surface area (TPSA) is 0 Å². The molecule has 1 saturated carbocycles. The number of quaternary nitrogens is 1. The van der Waals surface area contributed by atoms with Gasteiger partial charge in [0.1, 0.15) is 0 Å². The van der Waals surface area contributed by atoms with Crippen molar-refractivity contribution in [3.63, 3.8) is 0 Å². The summed E-state index contributed by atoms with van der Waals surface area (Å²) in [6.45, 7) is 13.9. The lowest BCUT2D eigenvalue weighted by Gasteiger charge is -2.56. The second kappa shape index (κ2) is 14.9. The quantitative estimate of drug-likeness (QED) is 0.175. The third-order valence-electron chi connectivity index (χ3n) is 7.53. The monoisotopic (exact) mass is 380 g/mol. The van der Waals surface area contributed by atoms with Crippen molar-refractivity contribution in [2.24, 2.45) is 0 Å². The third kappa shape index (κ3) is 8.08. The molecule has 0 saturated heterocycles. The maximum Gasteiger partial charge on any atom is 0.0992 e. The average molecular weight is 381 g/mol. The lowest BCUT2D eigenvalue weighted by molar-refractivity contribution is -0.979. The van der Waals surface area contributed by atoms with E-state index in [1.165, 1.54) is 140 Å². The van der Waals surface area contributed by atoms with E-state index in [1.54, 1.807) is 0 Å². The fourth-order valence-electron chi connectivity index (χ4n) is 6.13. The van der Waals surface area contributed by atoms with Crippen LogP contribution < -0.4 is 0 Å². The fraction of sp³-hybridized carbons (Fsp3) is 1.00. The number of hydrogen-bond donors (Lipinski definition) is 0. The summed E-state index contributed by atoms with van der Waals surface area (Å²) in [5.41, 5.74) is 0.626. The molecule has 0 bridgehead atoms. The molecule has 1 heteroatoms. The van der Waals surface area contributed by atoms with E-state index in [1.807, 2.05) is 0 Å². The Labute approximate surface area is 173 Å². The summed E-state index contributed by atoms with van der Waals surface area (Å²) in [4.78, 5) is 0. The number of hydrogen-bond acceptors (Lipinski definition) is 0. The van der Waals surface area contributed by atoms with Gasteiger partial charge in [-0.05, 0) is 44.9 Å². The Morgan fingerprint density at radius 2 is 1.04 bits per heavy atom. The second-order valence-corrected chi connectivity index (χ2v) is 9.68. The zero-order chi connectivity index (χ0) is 19.8. The van der Waals surface area contributed by atoms with Gasteiger partial charge in [0, 0.05) is 19.3 Å². The highest BCUT2D eigenvalue weighted by atomic mass is 15.4. The summed E-state index contributed by atoms with van der Waals surface area (Å²) in [6, 6.07) is 0. The fourth-order valence-corrected chi connectivity index (χ4v) is 6.13. The summed E-state index contributed by atoms with van der Waals surface area (Å²) >= 11 is 0. The van der Waals surface area contributed by atoms with Crippen LogP contribution in [0.15, 0.2) is 0 Å². The molecule has 162 valence electrons. The van der Waals surface area contributed by atoms with Gasteiger partial charge in [-0.3, -0.25) is 0 Å². The minimum Gasteiger partial charge on any atom is -0.319 e. The summed E-state index contributed by atoms with van der Waals surface area (Å²) in [5, 5.41) is 0. The maximum absolute atomic E-state index is 2.44. The van der Waals surface area contributed by atoms with Gasteiger partial charge in [-0.15, -0.1) is 0 Å². The zero-order valence-electron chi connectivity index (χ0n) is 19.8. The lowest BCUT2D eigenvalue weighted by Crippen LogP contribution is -2.66. The number of rotatable bonds is 17. The lowest BCUT2D eigenvalue weighted by atomic mass is 9.74. The van der Waals surface area contributed by atoms with Crippen molar-refractivity contribution in [1.29, 1.82) is 0 Å². The van der Waals surface area contributed by atoms with Gasteiger partial charge in [-0.25, -0.2) is 0 Å². The van der Waals surface area contributed by atoms with Crippen molar-refractivity contribution < 1.29 is 4.48 Å². The van der Waals surface area contributed by atoms with E-state index in [0.717, 1.165) is 0 Å². The highest BCUT2D eigenvalue weighted by Crippen LogP contribution is 2.43. The van der Waals surface area contributed by atoms with Gasteiger partial charge in [0.15, 0.2) is 0 Å². The van der Waals surface area contributed by atoms with Crippen molar-refractivity contribution in [2.45, 2.75) is 149 Å². The van der Waals surface area contributed by atoms with Crippen LogP contribution in [0.3, 0.4) is 0 Å². The first-order chi connectivity index (χ1) is 13.2. The average Bonchev–Trinajstić information content (AvgIpc) is 2.69. The van der Waals surface area contributed by atoms with Crippen LogP contribution in [0, 0.1) is 0 Å². The largest absolute Gasteiger partial charge is 0.319 e. The Kier molecular flexibility index (Phi) is 13.8. The summed E-state index contributed by atoms with van der Waals surface area (Å²) < 4.78 is 1.48. The van der Waals surface area contributed by atoms with E-state index in [4.69, 9.17) is 0 Å². The molecule has 1 aliphatic carbocycles. The van der Waals surface area contributed by atoms with Crippen molar-refractivity contribution in [2.75, 3.05) is 19.6 Å². The molecule has 0 radical (unpaired) electrons. The first-order valence-corrected chi connectivity index (χ1v) is 13.1. The molecule has 0 aromatic rings. The first-order valence-electron chi connectivity index (χ1n) is 13.1. The van der Waals surface area contributed by atoms with Crippen LogP contribution in [0.5, 0.6) is 0 Å². The predicted octanol–water partition coefficient (Wildman–Crippen LogP) is 8.66. The minimum absolute atomic E-state index is 0.626. The van der Waals surface area contributed by atoms with Gasteiger partial charge >= 0.3 is 0 Å². The number of nitrogens with zero attached hydrogens (tertiary/aromatic N) is 1. The van der Waals surface area contributed by atoms with E-state index >= 15 is 0 Å². The molecule has 0 aromatic heterocycles. The second-order valence-electron chi connectivity index (χ2n) is 9.68. The van der Waals surface area contributed by atoms with Crippen molar-refractivity contribution in [3.8, 4) is 0 Å². The van der Waals surface area contributed by atoms with Crippen LogP contribution in [-0.4, -0.2) is 29.7 Å². The van der Waals surface area contributed by atoms with Crippen molar-refractivity contribution in [1.82, 2.24) is 0 Å². The molecule has 0 amide bonds. The van der Waals surface area contributed by atoms with Crippen molar-refractivity contribution in [3.05, 3.63) is 0 Å². The SMILES string of the molecule is CCCCCCCCCC[N+](CCC)(CCC)C1(CCCC)CCCCC1. The maximum atomic E-state index is 2.44. The van der Waals surface area contributed by atoms with E-state index < -0.39 is 0 Å². The molecule has 0 aromatic carbocycles. The molecule has 0 heterocycles. The predicted molar refractivity (Wildman–Crippen MR) is 123 cm³/mol. The van der Waals surface area contributed by atoms with Gasteiger partial charge in [0.2, 0.25) is 0 Å². The highest BCUT2D eigenvalue weighted by Gasteiger charge is 2.49. The van der Waals surface area contributed by atoms with Crippen LogP contribution in [0.25, 0.3) is 0 Å². The molecule has 0 spiro atoms. The summed E-state index contributed by atoms with van der Waals surface area (Å²) in [5.74, 6) is 0. The Morgan fingerprint density at radius 1 is 0.519 bits per heavy atom. The van der Waals surface area contributed by atoms with Gasteiger partial charge in [-0.2, -0.15) is 0 Å². The zero-order valence-corrected chi connectivity index (χ0v) is 19.8. The van der Waals surface area contributed by atoms with Gasteiger partial charge in [-0.1, -0.05) is 79.1 Å². The van der Waals surface area contributed by atoms with Gasteiger partial charge < -0.3 is 4.48 Å². The Balaban J connectivity index is 2.70. The van der Waals surface area contributed by atoms with Crippen LogP contribution in [0.4, 0.5) is 0 Å². The molecule has 27 heavy (non-hydrogen) atoms. The van der Waals surface area contributed by atoms with E-state index in [-0.39, 0.29) is 0 Å². The molecule has 0 atom stereocenters. The van der Waals surface area contributed by atoms with Gasteiger partial charge in [0.05, 0.1) is 25.2 Å². The molecule has 0 aliphatic heterocycles. The van der Waals surface area contributed by atoms with E-state index in [0.29, 0.717) is 5.54 Å². The van der Waals surface area contributed by atoms with Gasteiger partial charge in [0.25, 0.3) is 0 Å². The van der Waals surface area contributed by atoms with Crippen molar-refractivity contribution >= 4 is 0 Å². The highest BCUT2D eigenvalue weighted by molar-refractivity contribution is 4.86. The molecule has 0 unspecified atom stereocenters. The Bertz CT molecular complexity index is 323.